The molecule has 0 N–H and O–H groups in total. The van der Waals surface area contributed by atoms with Crippen molar-refractivity contribution in [1.82, 2.24) is 9.97 Å². The Kier molecular flexibility index (Phi) is 3.06. The summed E-state index contributed by atoms with van der Waals surface area (Å²) >= 11 is 6.20. The van der Waals surface area contributed by atoms with Gasteiger partial charge in [-0.15, -0.1) is 0 Å². The van der Waals surface area contributed by atoms with Crippen molar-refractivity contribution in [3.8, 4) is 5.88 Å². The Morgan fingerprint density at radius 2 is 1.80 bits per heavy atom. The van der Waals surface area contributed by atoms with Crippen molar-refractivity contribution in [3.05, 3.63) is 16.5 Å². The highest BCUT2D eigenvalue weighted by atomic mass is 35.5. The van der Waals surface area contributed by atoms with Crippen molar-refractivity contribution >= 4 is 11.6 Å². The van der Waals surface area contributed by atoms with Crippen LogP contribution in [0.1, 0.15) is 51.4 Å². The molecule has 0 saturated heterocycles. The number of aromatic nitrogens is 2. The quantitative estimate of drug-likeness (QED) is 0.814. The average molecular weight is 295 g/mol. The first-order chi connectivity index (χ1) is 9.25. The van der Waals surface area contributed by atoms with Gasteiger partial charge >= 0.3 is 0 Å². The zero-order valence-corrected chi connectivity index (χ0v) is 13.7. The van der Waals surface area contributed by atoms with Gasteiger partial charge in [-0.3, -0.25) is 0 Å². The average Bonchev–Trinajstić information content (AvgIpc) is 2.69. The van der Waals surface area contributed by atoms with E-state index in [1.54, 1.807) is 0 Å². The highest BCUT2D eigenvalue weighted by Crippen LogP contribution is 2.66. The standard InChI is InChI=1S/C16H23ClN2O/c1-9-10(2)19-14(13(17)18-9)20-12-8-11-6-7-16(12,5)15(11,3)4/h11-12H,6-8H2,1-5H3. The Labute approximate surface area is 126 Å². The van der Waals surface area contributed by atoms with Crippen LogP contribution in [0.15, 0.2) is 0 Å². The molecule has 3 rings (SSSR count). The van der Waals surface area contributed by atoms with Crippen molar-refractivity contribution in [2.24, 2.45) is 16.7 Å². The number of hydrogen-bond donors (Lipinski definition) is 0. The van der Waals surface area contributed by atoms with Gasteiger partial charge < -0.3 is 4.74 Å². The van der Waals surface area contributed by atoms with Crippen LogP contribution in [0.5, 0.6) is 5.88 Å². The maximum atomic E-state index is 6.21. The second kappa shape index (κ2) is 4.33. The topological polar surface area (TPSA) is 35.0 Å². The second-order valence-electron chi connectivity index (χ2n) is 7.21. The molecule has 2 aliphatic rings. The monoisotopic (exact) mass is 294 g/mol. The minimum absolute atomic E-state index is 0.199. The number of ether oxygens (including phenoxy) is 1. The molecule has 20 heavy (non-hydrogen) atoms. The van der Waals surface area contributed by atoms with E-state index in [4.69, 9.17) is 16.3 Å². The smallest absolute Gasteiger partial charge is 0.252 e. The Hall–Kier alpha value is -0.830. The highest BCUT2D eigenvalue weighted by Gasteiger charge is 2.62. The van der Waals surface area contributed by atoms with E-state index in [1.807, 2.05) is 13.8 Å². The van der Waals surface area contributed by atoms with E-state index in [0.717, 1.165) is 23.7 Å². The molecule has 3 nitrogen and oxygen atoms in total. The van der Waals surface area contributed by atoms with Gasteiger partial charge in [0.2, 0.25) is 0 Å². The number of rotatable bonds is 2. The zero-order valence-electron chi connectivity index (χ0n) is 13.0. The molecule has 0 spiro atoms. The predicted octanol–water partition coefficient (Wildman–Crippen LogP) is 4.34. The summed E-state index contributed by atoms with van der Waals surface area (Å²) in [6.07, 6.45) is 3.85. The Bertz CT molecular complexity index is 558. The largest absolute Gasteiger partial charge is 0.472 e. The summed E-state index contributed by atoms with van der Waals surface area (Å²) in [4.78, 5) is 8.80. The van der Waals surface area contributed by atoms with E-state index in [-0.39, 0.29) is 11.5 Å². The Balaban J connectivity index is 1.89. The van der Waals surface area contributed by atoms with E-state index in [2.05, 4.69) is 30.7 Å². The van der Waals surface area contributed by atoms with Gasteiger partial charge in [0.05, 0.1) is 11.4 Å². The van der Waals surface area contributed by atoms with Crippen LogP contribution >= 0.6 is 11.6 Å². The number of fused-ring (bicyclic) bond motifs is 2. The van der Waals surface area contributed by atoms with Crippen LogP contribution in [0.2, 0.25) is 5.15 Å². The van der Waals surface area contributed by atoms with Gasteiger partial charge in [-0.25, -0.2) is 9.97 Å². The number of halogens is 1. The van der Waals surface area contributed by atoms with Gasteiger partial charge in [0, 0.05) is 5.41 Å². The van der Waals surface area contributed by atoms with Crippen LogP contribution < -0.4 is 4.74 Å². The summed E-state index contributed by atoms with van der Waals surface area (Å²) in [5.74, 6) is 1.25. The van der Waals surface area contributed by atoms with Crippen molar-refractivity contribution in [2.75, 3.05) is 0 Å². The second-order valence-corrected chi connectivity index (χ2v) is 7.57. The fourth-order valence-corrected chi connectivity index (χ4v) is 4.29. The van der Waals surface area contributed by atoms with Crippen molar-refractivity contribution < 1.29 is 4.74 Å². The first-order valence-corrected chi connectivity index (χ1v) is 7.81. The lowest BCUT2D eigenvalue weighted by Gasteiger charge is -2.38. The predicted molar refractivity (Wildman–Crippen MR) is 80.2 cm³/mol. The molecule has 0 radical (unpaired) electrons. The number of aryl methyl sites for hydroxylation is 2. The van der Waals surface area contributed by atoms with Crippen LogP contribution in [0.25, 0.3) is 0 Å². The minimum Gasteiger partial charge on any atom is -0.472 e. The van der Waals surface area contributed by atoms with E-state index in [0.29, 0.717) is 16.4 Å². The van der Waals surface area contributed by atoms with Gasteiger partial charge in [-0.1, -0.05) is 32.4 Å². The summed E-state index contributed by atoms with van der Waals surface area (Å²) < 4.78 is 6.21. The summed E-state index contributed by atoms with van der Waals surface area (Å²) in [7, 11) is 0. The van der Waals surface area contributed by atoms with Crippen LogP contribution in [0.4, 0.5) is 0 Å². The third-order valence-electron chi connectivity index (χ3n) is 6.20. The Morgan fingerprint density at radius 3 is 2.35 bits per heavy atom. The third-order valence-corrected chi connectivity index (χ3v) is 6.45. The fraction of sp³-hybridized carbons (Fsp3) is 0.750. The summed E-state index contributed by atoms with van der Waals surface area (Å²) in [5, 5.41) is 0.386. The summed E-state index contributed by atoms with van der Waals surface area (Å²) in [6.45, 7) is 11.0. The number of nitrogens with zero attached hydrogens (tertiary/aromatic N) is 2. The van der Waals surface area contributed by atoms with Crippen LogP contribution in [-0.4, -0.2) is 16.1 Å². The summed E-state index contributed by atoms with van der Waals surface area (Å²) in [5.41, 5.74) is 2.29. The van der Waals surface area contributed by atoms with Gasteiger partial charge in [-0.05, 0) is 44.4 Å². The third kappa shape index (κ3) is 1.78. The fourth-order valence-electron chi connectivity index (χ4n) is 4.07. The molecule has 110 valence electrons. The number of hydrogen-bond acceptors (Lipinski definition) is 3. The van der Waals surface area contributed by atoms with Gasteiger partial charge in [0.15, 0.2) is 5.15 Å². The van der Waals surface area contributed by atoms with Gasteiger partial charge in [0.25, 0.3) is 5.88 Å². The van der Waals surface area contributed by atoms with Gasteiger partial charge in [-0.2, -0.15) is 0 Å². The lowest BCUT2D eigenvalue weighted by molar-refractivity contribution is 0.0270. The van der Waals surface area contributed by atoms with E-state index in [9.17, 15) is 0 Å². The maximum absolute atomic E-state index is 6.21. The molecule has 3 atom stereocenters. The molecule has 3 unspecified atom stereocenters. The minimum atomic E-state index is 0.199. The molecule has 2 fully saturated rings. The molecule has 2 aliphatic carbocycles. The highest BCUT2D eigenvalue weighted by molar-refractivity contribution is 6.30. The molecule has 0 aromatic carbocycles. The summed E-state index contributed by atoms with van der Waals surface area (Å²) in [6, 6.07) is 0. The lowest BCUT2D eigenvalue weighted by Crippen LogP contribution is -2.39. The van der Waals surface area contributed by atoms with Crippen LogP contribution in [-0.2, 0) is 0 Å². The van der Waals surface area contributed by atoms with Crippen LogP contribution in [0, 0.1) is 30.6 Å². The van der Waals surface area contributed by atoms with Crippen molar-refractivity contribution in [3.63, 3.8) is 0 Å². The zero-order chi connectivity index (χ0) is 14.7. The molecule has 1 aromatic heterocycles. The molecule has 0 aliphatic heterocycles. The first-order valence-electron chi connectivity index (χ1n) is 7.43. The first kappa shape index (κ1) is 14.1. The SMILES string of the molecule is Cc1nc(Cl)c(OC2CC3CCC2(C)C3(C)C)nc1C. The molecule has 1 aromatic rings. The van der Waals surface area contributed by atoms with Gasteiger partial charge in [0.1, 0.15) is 6.10 Å². The molecule has 4 heteroatoms. The van der Waals surface area contributed by atoms with E-state index in [1.165, 1.54) is 12.8 Å². The van der Waals surface area contributed by atoms with E-state index < -0.39 is 0 Å². The van der Waals surface area contributed by atoms with Crippen molar-refractivity contribution in [2.45, 2.75) is 60.0 Å². The maximum Gasteiger partial charge on any atom is 0.252 e. The molecule has 0 amide bonds. The molecular weight excluding hydrogens is 272 g/mol. The molecule has 2 bridgehead atoms. The molecule has 2 saturated carbocycles. The molecular formula is C16H23ClN2O. The van der Waals surface area contributed by atoms with Crippen LogP contribution in [0.3, 0.4) is 0 Å². The normalized spacial score (nSPS) is 34.5. The Morgan fingerprint density at radius 1 is 1.15 bits per heavy atom. The van der Waals surface area contributed by atoms with Crippen molar-refractivity contribution in [1.29, 1.82) is 0 Å². The lowest BCUT2D eigenvalue weighted by atomic mass is 9.70. The van der Waals surface area contributed by atoms with E-state index >= 15 is 0 Å². The molecule has 1 heterocycles.